The molecule has 0 aliphatic heterocycles. The number of carbonyl (C=O) groups is 2. The van der Waals surface area contributed by atoms with Gasteiger partial charge in [0.25, 0.3) is 0 Å². The van der Waals surface area contributed by atoms with Crippen LogP contribution in [0.4, 0.5) is 4.79 Å². The molecule has 0 saturated carbocycles. The Hall–Kier alpha value is -1.56. The number of hydrogen-bond donors (Lipinski definition) is 0. The van der Waals surface area contributed by atoms with Crippen molar-refractivity contribution in [2.75, 3.05) is 20.4 Å². The Labute approximate surface area is 127 Å². The molecule has 0 aromatic heterocycles. The van der Waals surface area contributed by atoms with Crippen molar-refractivity contribution in [2.24, 2.45) is 0 Å². The summed E-state index contributed by atoms with van der Waals surface area (Å²) in [7, 11) is 1.44. The minimum atomic E-state index is -1.23. The highest BCUT2D eigenvalue weighted by atomic mass is 16.6. The summed E-state index contributed by atoms with van der Waals surface area (Å²) in [6.07, 6.45) is 1.15. The average Bonchev–Trinajstić information content (AvgIpc) is 2.34. The Morgan fingerprint density at radius 2 is 1.81 bits per heavy atom. The van der Waals surface area contributed by atoms with Gasteiger partial charge in [0.15, 0.2) is 0 Å². The summed E-state index contributed by atoms with van der Waals surface area (Å²) in [6, 6.07) is 0. The molecule has 1 amide bonds. The zero-order valence-corrected chi connectivity index (χ0v) is 13.9. The van der Waals surface area contributed by atoms with Crippen LogP contribution in [0.25, 0.3) is 0 Å². The molecule has 0 heterocycles. The third-order valence-electron chi connectivity index (χ3n) is 2.72. The lowest BCUT2D eigenvalue weighted by atomic mass is 9.96. The van der Waals surface area contributed by atoms with E-state index in [1.165, 1.54) is 12.0 Å². The van der Waals surface area contributed by atoms with Crippen molar-refractivity contribution in [3.05, 3.63) is 12.7 Å². The minimum Gasteiger partial charge on any atom is -0.464 e. The lowest BCUT2D eigenvalue weighted by molar-refractivity contribution is -0.159. The van der Waals surface area contributed by atoms with E-state index in [0.717, 1.165) is 0 Å². The molecular weight excluding hydrogens is 274 g/mol. The van der Waals surface area contributed by atoms with Crippen LogP contribution in [0.15, 0.2) is 12.7 Å². The Balaban J connectivity index is 5.46. The van der Waals surface area contributed by atoms with Crippen molar-refractivity contribution >= 4 is 12.1 Å². The molecule has 0 bridgehead atoms. The van der Waals surface area contributed by atoms with Gasteiger partial charge in [-0.1, -0.05) is 6.08 Å². The van der Waals surface area contributed by atoms with Gasteiger partial charge in [0.1, 0.15) is 17.9 Å². The van der Waals surface area contributed by atoms with Crippen LogP contribution in [-0.2, 0) is 19.0 Å². The van der Waals surface area contributed by atoms with E-state index >= 15 is 0 Å². The van der Waals surface area contributed by atoms with E-state index in [2.05, 4.69) is 6.58 Å². The first kappa shape index (κ1) is 19.4. The van der Waals surface area contributed by atoms with Crippen molar-refractivity contribution < 1.29 is 23.8 Å². The molecule has 0 saturated heterocycles. The molecule has 0 aliphatic rings. The van der Waals surface area contributed by atoms with Crippen LogP contribution < -0.4 is 0 Å². The standard InChI is InChI=1S/C15H27NO5/c1-8-10-15(6,12(17)20-9-2)16(11-19-7)13(18)21-14(3,4)5/h8H,1,9-11H2,2-7H3/t15-/m1/s1. The zero-order chi connectivity index (χ0) is 16.7. The van der Waals surface area contributed by atoms with E-state index in [1.807, 2.05) is 0 Å². The Kier molecular flexibility index (Phi) is 7.43. The largest absolute Gasteiger partial charge is 0.464 e. The van der Waals surface area contributed by atoms with Gasteiger partial charge in [-0.05, 0) is 41.0 Å². The summed E-state index contributed by atoms with van der Waals surface area (Å²) in [6.45, 7) is 12.4. The van der Waals surface area contributed by atoms with Crippen LogP contribution in [-0.4, -0.2) is 48.5 Å². The monoisotopic (exact) mass is 301 g/mol. The number of ether oxygens (including phenoxy) is 3. The second kappa shape index (κ2) is 8.02. The molecule has 0 N–H and O–H groups in total. The molecule has 1 atom stereocenters. The first-order valence-corrected chi connectivity index (χ1v) is 6.90. The quantitative estimate of drug-likeness (QED) is 0.411. The third-order valence-corrected chi connectivity index (χ3v) is 2.72. The summed E-state index contributed by atoms with van der Waals surface area (Å²) in [5.41, 5.74) is -1.90. The van der Waals surface area contributed by atoms with Crippen LogP contribution in [0.2, 0.25) is 0 Å². The fraction of sp³-hybridized carbons (Fsp3) is 0.733. The van der Waals surface area contributed by atoms with Crippen molar-refractivity contribution in [1.82, 2.24) is 4.90 Å². The third kappa shape index (κ3) is 5.75. The predicted molar refractivity (Wildman–Crippen MR) is 79.8 cm³/mol. The average molecular weight is 301 g/mol. The van der Waals surface area contributed by atoms with Gasteiger partial charge in [0.05, 0.1) is 6.61 Å². The number of hydrogen-bond acceptors (Lipinski definition) is 5. The van der Waals surface area contributed by atoms with Crippen LogP contribution in [0, 0.1) is 0 Å². The molecule has 6 nitrogen and oxygen atoms in total. The molecular formula is C15H27NO5. The van der Waals surface area contributed by atoms with Gasteiger partial charge >= 0.3 is 12.1 Å². The van der Waals surface area contributed by atoms with Crippen molar-refractivity contribution in [1.29, 1.82) is 0 Å². The number of amides is 1. The van der Waals surface area contributed by atoms with Crippen LogP contribution in [0.3, 0.4) is 0 Å². The lowest BCUT2D eigenvalue weighted by Gasteiger charge is -2.38. The van der Waals surface area contributed by atoms with Gasteiger partial charge in [0.2, 0.25) is 0 Å². The number of methoxy groups -OCH3 is 1. The van der Waals surface area contributed by atoms with Gasteiger partial charge in [-0.25, -0.2) is 9.59 Å². The highest BCUT2D eigenvalue weighted by Gasteiger charge is 2.44. The minimum absolute atomic E-state index is 0.0853. The van der Waals surface area contributed by atoms with Gasteiger partial charge in [-0.2, -0.15) is 0 Å². The fourth-order valence-corrected chi connectivity index (χ4v) is 1.71. The molecule has 0 spiro atoms. The van der Waals surface area contributed by atoms with E-state index in [9.17, 15) is 9.59 Å². The highest BCUT2D eigenvalue weighted by molar-refractivity contribution is 5.85. The number of nitrogens with zero attached hydrogens (tertiary/aromatic N) is 1. The molecule has 0 aromatic rings. The second-order valence-electron chi connectivity index (χ2n) is 5.81. The normalized spacial score (nSPS) is 14.0. The molecule has 122 valence electrons. The van der Waals surface area contributed by atoms with Gasteiger partial charge in [-0.3, -0.25) is 4.90 Å². The molecule has 21 heavy (non-hydrogen) atoms. The molecule has 0 aromatic carbocycles. The van der Waals surface area contributed by atoms with Crippen LogP contribution in [0.5, 0.6) is 0 Å². The number of esters is 1. The molecule has 0 unspecified atom stereocenters. The van der Waals surface area contributed by atoms with Crippen LogP contribution in [0.1, 0.15) is 41.0 Å². The predicted octanol–water partition coefficient (Wildman–Crippen LogP) is 2.73. The maximum atomic E-state index is 12.4. The topological polar surface area (TPSA) is 65.1 Å². The van der Waals surface area contributed by atoms with Gasteiger partial charge in [-0.15, -0.1) is 6.58 Å². The molecule has 0 radical (unpaired) electrons. The summed E-state index contributed by atoms with van der Waals surface area (Å²) >= 11 is 0. The Bertz CT molecular complexity index is 375. The summed E-state index contributed by atoms with van der Waals surface area (Å²) in [4.78, 5) is 25.8. The Morgan fingerprint density at radius 3 is 2.19 bits per heavy atom. The highest BCUT2D eigenvalue weighted by Crippen LogP contribution is 2.25. The van der Waals surface area contributed by atoms with E-state index in [-0.39, 0.29) is 19.8 Å². The maximum Gasteiger partial charge on any atom is 0.413 e. The van der Waals surface area contributed by atoms with E-state index in [0.29, 0.717) is 0 Å². The lowest BCUT2D eigenvalue weighted by Crippen LogP contribution is -2.57. The van der Waals surface area contributed by atoms with E-state index in [1.54, 1.807) is 40.7 Å². The number of carbonyl (C=O) groups excluding carboxylic acids is 2. The van der Waals surface area contributed by atoms with Crippen molar-refractivity contribution in [3.63, 3.8) is 0 Å². The van der Waals surface area contributed by atoms with Gasteiger partial charge < -0.3 is 14.2 Å². The van der Waals surface area contributed by atoms with Gasteiger partial charge in [0, 0.05) is 7.11 Å². The van der Waals surface area contributed by atoms with Crippen molar-refractivity contribution in [3.8, 4) is 0 Å². The van der Waals surface area contributed by atoms with Crippen LogP contribution >= 0.6 is 0 Å². The summed E-state index contributed by atoms with van der Waals surface area (Å²) in [5.74, 6) is -0.521. The first-order chi connectivity index (χ1) is 9.62. The fourth-order valence-electron chi connectivity index (χ4n) is 1.71. The Morgan fingerprint density at radius 1 is 1.24 bits per heavy atom. The SMILES string of the molecule is C=CC[C@](C)(C(=O)OCC)N(COC)C(=O)OC(C)(C)C. The molecule has 0 rings (SSSR count). The second-order valence-corrected chi connectivity index (χ2v) is 5.81. The summed E-state index contributed by atoms with van der Waals surface area (Å²) < 4.78 is 15.5. The summed E-state index contributed by atoms with van der Waals surface area (Å²) in [5, 5.41) is 0. The van der Waals surface area contributed by atoms with E-state index in [4.69, 9.17) is 14.2 Å². The molecule has 0 aliphatic carbocycles. The number of rotatable bonds is 7. The molecule has 6 heteroatoms. The van der Waals surface area contributed by atoms with Crippen molar-refractivity contribution in [2.45, 2.75) is 52.2 Å². The smallest absolute Gasteiger partial charge is 0.413 e. The first-order valence-electron chi connectivity index (χ1n) is 6.90. The molecule has 0 fully saturated rings. The zero-order valence-electron chi connectivity index (χ0n) is 13.9. The van der Waals surface area contributed by atoms with E-state index < -0.39 is 23.2 Å². The maximum absolute atomic E-state index is 12.4.